The SMILES string of the molecule is CC1=C(C(=O)O)C(c2ccc(Cl)cc2Cl)C2=C(N1)C(=O)N(Cc1ccccc1)C2. The van der Waals surface area contributed by atoms with Crippen LogP contribution in [0.4, 0.5) is 0 Å². The Morgan fingerprint density at radius 3 is 2.59 bits per heavy atom. The van der Waals surface area contributed by atoms with Crippen molar-refractivity contribution in [3.05, 3.63) is 92.2 Å². The first kappa shape index (κ1) is 19.6. The first-order valence-electron chi connectivity index (χ1n) is 9.09. The van der Waals surface area contributed by atoms with E-state index in [0.717, 1.165) is 5.56 Å². The predicted octanol–water partition coefficient (Wildman–Crippen LogP) is 4.34. The van der Waals surface area contributed by atoms with Crippen molar-refractivity contribution in [3.8, 4) is 0 Å². The quantitative estimate of drug-likeness (QED) is 0.759. The summed E-state index contributed by atoms with van der Waals surface area (Å²) in [6.45, 7) is 2.43. The van der Waals surface area contributed by atoms with Crippen LogP contribution in [0.3, 0.4) is 0 Å². The molecule has 5 nitrogen and oxygen atoms in total. The molecule has 4 rings (SSSR count). The van der Waals surface area contributed by atoms with E-state index in [9.17, 15) is 14.7 Å². The Labute approximate surface area is 178 Å². The molecule has 2 aliphatic heterocycles. The molecular formula is C22H18Cl2N2O3. The van der Waals surface area contributed by atoms with Crippen molar-refractivity contribution >= 4 is 35.1 Å². The van der Waals surface area contributed by atoms with Crippen LogP contribution in [0.5, 0.6) is 0 Å². The van der Waals surface area contributed by atoms with E-state index in [4.69, 9.17) is 23.2 Å². The van der Waals surface area contributed by atoms with Crippen molar-refractivity contribution in [1.29, 1.82) is 0 Å². The van der Waals surface area contributed by atoms with Crippen LogP contribution in [-0.2, 0) is 16.1 Å². The molecule has 2 aromatic rings. The number of rotatable bonds is 4. The third-order valence-electron chi connectivity index (χ3n) is 5.26. The largest absolute Gasteiger partial charge is 0.478 e. The maximum atomic E-state index is 13.1. The molecule has 0 aromatic heterocycles. The number of halogens is 2. The summed E-state index contributed by atoms with van der Waals surface area (Å²) in [6, 6.07) is 14.7. The lowest BCUT2D eigenvalue weighted by Crippen LogP contribution is -2.31. The average molecular weight is 429 g/mol. The number of dihydropyridines is 1. The topological polar surface area (TPSA) is 69.6 Å². The normalized spacial score (nSPS) is 18.8. The second-order valence-corrected chi connectivity index (χ2v) is 7.96. The lowest BCUT2D eigenvalue weighted by atomic mass is 9.81. The molecule has 0 saturated heterocycles. The Morgan fingerprint density at radius 1 is 1.21 bits per heavy atom. The smallest absolute Gasteiger partial charge is 0.334 e. The van der Waals surface area contributed by atoms with Gasteiger partial charge in [-0.15, -0.1) is 0 Å². The second kappa shape index (κ2) is 7.58. The Kier molecular flexibility index (Phi) is 5.11. The van der Waals surface area contributed by atoms with Crippen molar-refractivity contribution in [2.45, 2.75) is 19.4 Å². The number of aliphatic carboxylic acids is 1. The van der Waals surface area contributed by atoms with E-state index < -0.39 is 11.9 Å². The molecule has 0 radical (unpaired) electrons. The first-order chi connectivity index (χ1) is 13.9. The molecule has 2 N–H and O–H groups in total. The fourth-order valence-electron chi connectivity index (χ4n) is 3.96. The summed E-state index contributed by atoms with van der Waals surface area (Å²) in [5.74, 6) is -1.83. The van der Waals surface area contributed by atoms with E-state index in [1.165, 1.54) is 0 Å². The molecule has 1 unspecified atom stereocenters. The zero-order valence-electron chi connectivity index (χ0n) is 15.6. The monoisotopic (exact) mass is 428 g/mol. The zero-order valence-corrected chi connectivity index (χ0v) is 17.1. The second-order valence-electron chi connectivity index (χ2n) is 7.11. The van der Waals surface area contributed by atoms with Gasteiger partial charge in [0.15, 0.2) is 0 Å². The Morgan fingerprint density at radius 2 is 1.93 bits per heavy atom. The van der Waals surface area contributed by atoms with E-state index in [1.54, 1.807) is 30.0 Å². The summed E-state index contributed by atoms with van der Waals surface area (Å²) in [7, 11) is 0. The van der Waals surface area contributed by atoms with Crippen LogP contribution in [0.25, 0.3) is 0 Å². The lowest BCUT2D eigenvalue weighted by Gasteiger charge is -2.28. The van der Waals surface area contributed by atoms with Crippen LogP contribution in [0.2, 0.25) is 10.0 Å². The Balaban J connectivity index is 1.76. The zero-order chi connectivity index (χ0) is 20.7. The van der Waals surface area contributed by atoms with Gasteiger partial charge in [-0.2, -0.15) is 0 Å². The molecule has 2 aliphatic rings. The minimum absolute atomic E-state index is 0.150. The lowest BCUT2D eigenvalue weighted by molar-refractivity contribution is -0.133. The maximum Gasteiger partial charge on any atom is 0.334 e. The molecule has 1 atom stereocenters. The third-order valence-corrected chi connectivity index (χ3v) is 5.82. The van der Waals surface area contributed by atoms with Gasteiger partial charge in [0, 0.05) is 34.7 Å². The highest BCUT2D eigenvalue weighted by Gasteiger charge is 2.42. The minimum Gasteiger partial charge on any atom is -0.478 e. The van der Waals surface area contributed by atoms with Gasteiger partial charge >= 0.3 is 5.97 Å². The first-order valence-corrected chi connectivity index (χ1v) is 9.84. The van der Waals surface area contributed by atoms with Crippen LogP contribution in [0, 0.1) is 0 Å². The number of carbonyl (C=O) groups excluding carboxylic acids is 1. The Bertz CT molecular complexity index is 1080. The molecular weight excluding hydrogens is 411 g/mol. The standard InChI is InChI=1S/C22H18Cl2N2O3/c1-12-18(22(28)29)19(15-8-7-14(23)9-17(15)24)16-11-26(21(27)20(16)25-12)10-13-5-3-2-4-6-13/h2-9,19,25H,10-11H2,1H3,(H,28,29). The van der Waals surface area contributed by atoms with E-state index in [0.29, 0.717) is 45.7 Å². The van der Waals surface area contributed by atoms with Crippen molar-refractivity contribution in [2.24, 2.45) is 0 Å². The fourth-order valence-corrected chi connectivity index (χ4v) is 4.48. The van der Waals surface area contributed by atoms with Crippen molar-refractivity contribution < 1.29 is 14.7 Å². The molecule has 0 fully saturated rings. The minimum atomic E-state index is -1.05. The highest BCUT2D eigenvalue weighted by Crippen LogP contribution is 2.44. The average Bonchev–Trinajstić information content (AvgIpc) is 2.97. The third kappa shape index (κ3) is 3.52. The highest BCUT2D eigenvalue weighted by atomic mass is 35.5. The summed E-state index contributed by atoms with van der Waals surface area (Å²) in [4.78, 5) is 26.9. The van der Waals surface area contributed by atoms with Gasteiger partial charge in [0.1, 0.15) is 5.70 Å². The number of carboxylic acid groups (broad SMARTS) is 1. The van der Waals surface area contributed by atoms with E-state index in [2.05, 4.69) is 5.32 Å². The molecule has 1 amide bonds. The van der Waals surface area contributed by atoms with Crippen LogP contribution >= 0.6 is 23.2 Å². The molecule has 0 aliphatic carbocycles. The van der Waals surface area contributed by atoms with Gasteiger partial charge in [-0.25, -0.2) is 4.79 Å². The number of allylic oxidation sites excluding steroid dienone is 1. The number of amides is 1. The van der Waals surface area contributed by atoms with Gasteiger partial charge < -0.3 is 15.3 Å². The van der Waals surface area contributed by atoms with Crippen molar-refractivity contribution in [2.75, 3.05) is 6.54 Å². The number of benzene rings is 2. The summed E-state index contributed by atoms with van der Waals surface area (Å²) in [6.07, 6.45) is 0. The molecule has 0 spiro atoms. The van der Waals surface area contributed by atoms with Gasteiger partial charge in [-0.1, -0.05) is 59.6 Å². The fraction of sp³-hybridized carbons (Fsp3) is 0.182. The van der Waals surface area contributed by atoms with Crippen molar-refractivity contribution in [1.82, 2.24) is 10.2 Å². The summed E-state index contributed by atoms with van der Waals surface area (Å²) < 4.78 is 0. The highest BCUT2D eigenvalue weighted by molar-refractivity contribution is 6.35. The maximum absolute atomic E-state index is 13.1. The molecule has 2 heterocycles. The van der Waals surface area contributed by atoms with Gasteiger partial charge in [0.25, 0.3) is 5.91 Å². The molecule has 29 heavy (non-hydrogen) atoms. The number of carboxylic acids is 1. The number of carbonyl (C=O) groups is 2. The predicted molar refractivity (Wildman–Crippen MR) is 112 cm³/mol. The number of nitrogens with one attached hydrogen (secondary N) is 1. The summed E-state index contributed by atoms with van der Waals surface area (Å²) >= 11 is 12.5. The molecule has 7 heteroatoms. The van der Waals surface area contributed by atoms with Gasteiger partial charge in [-0.05, 0) is 35.8 Å². The Hall–Kier alpha value is -2.76. The number of nitrogens with zero attached hydrogens (tertiary/aromatic N) is 1. The summed E-state index contributed by atoms with van der Waals surface area (Å²) in [5, 5.41) is 13.7. The summed E-state index contributed by atoms with van der Waals surface area (Å²) in [5.41, 5.74) is 3.38. The van der Waals surface area contributed by atoms with Gasteiger partial charge in [0.2, 0.25) is 0 Å². The van der Waals surface area contributed by atoms with E-state index in [-0.39, 0.29) is 11.5 Å². The molecule has 0 bridgehead atoms. The van der Waals surface area contributed by atoms with Crippen molar-refractivity contribution in [3.63, 3.8) is 0 Å². The van der Waals surface area contributed by atoms with E-state index >= 15 is 0 Å². The van der Waals surface area contributed by atoms with E-state index in [1.807, 2.05) is 30.3 Å². The van der Waals surface area contributed by atoms with Gasteiger partial charge in [-0.3, -0.25) is 4.79 Å². The van der Waals surface area contributed by atoms with Crippen LogP contribution in [-0.4, -0.2) is 28.4 Å². The number of hydrogen-bond acceptors (Lipinski definition) is 3. The molecule has 148 valence electrons. The van der Waals surface area contributed by atoms with Gasteiger partial charge in [0.05, 0.1) is 5.57 Å². The van der Waals surface area contributed by atoms with Crippen LogP contribution < -0.4 is 5.32 Å². The van der Waals surface area contributed by atoms with Crippen LogP contribution in [0.15, 0.2) is 71.1 Å². The number of hydrogen-bond donors (Lipinski definition) is 2. The molecule has 0 saturated carbocycles. The molecule has 2 aromatic carbocycles. The van der Waals surface area contributed by atoms with Crippen LogP contribution in [0.1, 0.15) is 24.0 Å².